The van der Waals surface area contributed by atoms with E-state index in [2.05, 4.69) is 15.7 Å². The van der Waals surface area contributed by atoms with Crippen molar-refractivity contribution in [2.75, 3.05) is 24.5 Å². The molecular weight excluding hydrogens is 405 g/mol. The summed E-state index contributed by atoms with van der Waals surface area (Å²) in [5.74, 6) is -0.165. The lowest BCUT2D eigenvalue weighted by molar-refractivity contribution is -0.000888. The van der Waals surface area contributed by atoms with Crippen LogP contribution >= 0.6 is 0 Å². The molecular formula is C26H28FN3O2. The first-order valence-electron chi connectivity index (χ1n) is 11.6. The molecule has 1 aliphatic carbocycles. The SMILES string of the molecule is Cc1cc(F)cc2c(CN3CCC4(CC3)CN(c3ccccc3)C(=O)O4)cn(C3CC3)c12. The minimum Gasteiger partial charge on any atom is -0.441 e. The predicted octanol–water partition coefficient (Wildman–Crippen LogP) is 5.42. The second kappa shape index (κ2) is 7.34. The van der Waals surface area contributed by atoms with Crippen molar-refractivity contribution in [2.24, 2.45) is 0 Å². The molecule has 3 aromatic rings. The highest BCUT2D eigenvalue weighted by atomic mass is 19.1. The van der Waals surface area contributed by atoms with Crippen LogP contribution in [-0.2, 0) is 11.3 Å². The van der Waals surface area contributed by atoms with Gasteiger partial charge in [0.2, 0.25) is 0 Å². The van der Waals surface area contributed by atoms with Crippen LogP contribution in [0.1, 0.15) is 42.9 Å². The number of piperidine rings is 1. The highest BCUT2D eigenvalue weighted by molar-refractivity contribution is 5.90. The molecule has 0 atom stereocenters. The van der Waals surface area contributed by atoms with Gasteiger partial charge in [0.25, 0.3) is 0 Å². The van der Waals surface area contributed by atoms with Crippen LogP contribution in [-0.4, -0.2) is 40.8 Å². The van der Waals surface area contributed by atoms with Crippen molar-refractivity contribution in [1.82, 2.24) is 9.47 Å². The number of aromatic nitrogens is 1. The van der Waals surface area contributed by atoms with Gasteiger partial charge in [0, 0.05) is 55.8 Å². The van der Waals surface area contributed by atoms with Gasteiger partial charge in [-0.1, -0.05) is 18.2 Å². The number of nitrogens with zero attached hydrogens (tertiary/aromatic N) is 3. The maximum absolute atomic E-state index is 14.2. The number of carbonyl (C=O) groups is 1. The van der Waals surface area contributed by atoms with Crippen LogP contribution in [0.15, 0.2) is 48.7 Å². The van der Waals surface area contributed by atoms with E-state index < -0.39 is 5.60 Å². The number of hydrogen-bond donors (Lipinski definition) is 0. The van der Waals surface area contributed by atoms with E-state index in [1.165, 1.54) is 23.9 Å². The van der Waals surface area contributed by atoms with Gasteiger partial charge >= 0.3 is 6.09 Å². The van der Waals surface area contributed by atoms with Gasteiger partial charge in [-0.05, 0) is 55.2 Å². The van der Waals surface area contributed by atoms with E-state index in [1.54, 1.807) is 17.0 Å². The van der Waals surface area contributed by atoms with Crippen molar-refractivity contribution in [2.45, 2.75) is 50.8 Å². The topological polar surface area (TPSA) is 37.7 Å². The fourth-order valence-electron chi connectivity index (χ4n) is 5.44. The van der Waals surface area contributed by atoms with E-state index >= 15 is 0 Å². The van der Waals surface area contributed by atoms with Crippen molar-refractivity contribution in [3.63, 3.8) is 0 Å². The van der Waals surface area contributed by atoms with Crippen LogP contribution in [0.3, 0.4) is 0 Å². The molecule has 32 heavy (non-hydrogen) atoms. The molecule has 0 unspecified atom stereocenters. The molecule has 0 radical (unpaired) electrons. The van der Waals surface area contributed by atoms with Crippen molar-refractivity contribution < 1.29 is 13.9 Å². The van der Waals surface area contributed by atoms with Crippen molar-refractivity contribution in [1.29, 1.82) is 0 Å². The molecule has 166 valence electrons. The number of anilines is 1. The molecule has 0 bridgehead atoms. The number of carbonyl (C=O) groups excluding carboxylic acids is 1. The van der Waals surface area contributed by atoms with E-state index in [4.69, 9.17) is 4.74 Å². The summed E-state index contributed by atoms with van der Waals surface area (Å²) in [5, 5.41) is 1.04. The zero-order chi connectivity index (χ0) is 21.9. The largest absolute Gasteiger partial charge is 0.441 e. The van der Waals surface area contributed by atoms with Crippen molar-refractivity contribution in [3.8, 4) is 0 Å². The monoisotopic (exact) mass is 433 g/mol. The Hall–Kier alpha value is -2.86. The molecule has 2 aromatic carbocycles. The molecule has 2 aliphatic heterocycles. The second-order valence-electron chi connectivity index (χ2n) is 9.66. The average Bonchev–Trinajstić information content (AvgIpc) is 3.50. The van der Waals surface area contributed by atoms with Gasteiger partial charge in [0.1, 0.15) is 11.4 Å². The number of hydrogen-bond acceptors (Lipinski definition) is 3. The molecule has 0 N–H and O–H groups in total. The summed E-state index contributed by atoms with van der Waals surface area (Å²) in [6.07, 6.45) is 6.04. The third-order valence-corrected chi connectivity index (χ3v) is 7.30. The fourth-order valence-corrected chi connectivity index (χ4v) is 5.44. The normalized spacial score (nSPS) is 20.9. The Morgan fingerprint density at radius 2 is 1.88 bits per heavy atom. The van der Waals surface area contributed by atoms with Gasteiger partial charge in [-0.15, -0.1) is 0 Å². The number of halogens is 1. The number of rotatable bonds is 4. The van der Waals surface area contributed by atoms with Gasteiger partial charge in [0.15, 0.2) is 0 Å². The van der Waals surface area contributed by atoms with Crippen LogP contribution in [0.4, 0.5) is 14.9 Å². The van der Waals surface area contributed by atoms with E-state index in [1.807, 2.05) is 37.3 Å². The summed E-state index contributed by atoms with van der Waals surface area (Å²) in [5.41, 5.74) is 3.87. The third kappa shape index (κ3) is 3.37. The zero-order valence-corrected chi connectivity index (χ0v) is 18.4. The number of ether oxygens (including phenoxy) is 1. The third-order valence-electron chi connectivity index (χ3n) is 7.30. The van der Waals surface area contributed by atoms with Crippen LogP contribution in [0, 0.1) is 12.7 Å². The molecule has 1 aromatic heterocycles. The molecule has 1 saturated carbocycles. The number of aryl methyl sites for hydroxylation is 1. The van der Waals surface area contributed by atoms with E-state index in [9.17, 15) is 9.18 Å². The van der Waals surface area contributed by atoms with Crippen molar-refractivity contribution in [3.05, 3.63) is 65.6 Å². The second-order valence-corrected chi connectivity index (χ2v) is 9.66. The lowest BCUT2D eigenvalue weighted by atomic mass is 9.91. The Bertz CT molecular complexity index is 1180. The van der Waals surface area contributed by atoms with Gasteiger partial charge in [-0.2, -0.15) is 0 Å². The first-order valence-corrected chi connectivity index (χ1v) is 11.6. The highest BCUT2D eigenvalue weighted by Gasteiger charge is 2.47. The Balaban J connectivity index is 1.19. The molecule has 1 amide bonds. The summed E-state index contributed by atoms with van der Waals surface area (Å²) in [6.45, 7) is 5.13. The van der Waals surface area contributed by atoms with Crippen LogP contribution in [0.25, 0.3) is 10.9 Å². The van der Waals surface area contributed by atoms with Crippen molar-refractivity contribution >= 4 is 22.7 Å². The molecule has 5 nitrogen and oxygen atoms in total. The Kier molecular flexibility index (Phi) is 4.54. The summed E-state index contributed by atoms with van der Waals surface area (Å²) < 4.78 is 22.5. The van der Waals surface area contributed by atoms with Gasteiger partial charge in [-0.3, -0.25) is 9.80 Å². The van der Waals surface area contributed by atoms with Crippen LogP contribution in [0.5, 0.6) is 0 Å². The molecule has 3 aliphatic rings. The quantitative estimate of drug-likeness (QED) is 0.552. The summed E-state index contributed by atoms with van der Waals surface area (Å²) >= 11 is 0. The van der Waals surface area contributed by atoms with Gasteiger partial charge < -0.3 is 9.30 Å². The lowest BCUT2D eigenvalue weighted by Gasteiger charge is -2.37. The number of para-hydroxylation sites is 1. The molecule has 2 saturated heterocycles. The minimum absolute atomic E-state index is 0.165. The minimum atomic E-state index is -0.409. The van der Waals surface area contributed by atoms with Crippen LogP contribution < -0.4 is 4.90 Å². The smallest absolute Gasteiger partial charge is 0.415 e. The first kappa shape index (κ1) is 19.8. The van der Waals surface area contributed by atoms with E-state index in [0.717, 1.165) is 49.1 Å². The molecule has 3 fully saturated rings. The lowest BCUT2D eigenvalue weighted by Crippen LogP contribution is -2.46. The number of amides is 1. The Morgan fingerprint density at radius 3 is 2.59 bits per heavy atom. The fraction of sp³-hybridized carbons (Fsp3) is 0.423. The predicted molar refractivity (Wildman–Crippen MR) is 122 cm³/mol. The zero-order valence-electron chi connectivity index (χ0n) is 18.4. The molecule has 6 rings (SSSR count). The van der Waals surface area contributed by atoms with E-state index in [0.29, 0.717) is 12.6 Å². The molecule has 1 spiro atoms. The maximum Gasteiger partial charge on any atom is 0.415 e. The summed E-state index contributed by atoms with van der Waals surface area (Å²) in [7, 11) is 0. The van der Waals surface area contributed by atoms with Crippen LogP contribution in [0.2, 0.25) is 0 Å². The summed E-state index contributed by atoms with van der Waals surface area (Å²) in [4.78, 5) is 16.7. The highest BCUT2D eigenvalue weighted by Crippen LogP contribution is 2.41. The van der Waals surface area contributed by atoms with Gasteiger partial charge in [0.05, 0.1) is 12.1 Å². The van der Waals surface area contributed by atoms with Gasteiger partial charge in [-0.25, -0.2) is 9.18 Å². The summed E-state index contributed by atoms with van der Waals surface area (Å²) in [6, 6.07) is 13.6. The first-order chi connectivity index (χ1) is 15.5. The standard InChI is InChI=1S/C26H28FN3O2/c1-18-13-20(27)14-23-19(16-29(24(18)23)22-7-8-22)15-28-11-9-26(10-12-28)17-30(25(31)32-26)21-5-3-2-4-6-21/h2-6,13-14,16,22H,7-12,15,17H2,1H3. The molecule has 3 heterocycles. The Morgan fingerprint density at radius 1 is 1.12 bits per heavy atom. The average molecular weight is 434 g/mol. The number of fused-ring (bicyclic) bond motifs is 1. The Labute approximate surface area is 187 Å². The molecule has 6 heteroatoms. The number of likely N-dealkylation sites (tertiary alicyclic amines) is 1. The number of benzene rings is 2. The maximum atomic E-state index is 14.2. The van der Waals surface area contributed by atoms with E-state index in [-0.39, 0.29) is 11.9 Å².